The van der Waals surface area contributed by atoms with Gasteiger partial charge in [-0.15, -0.1) is 0 Å². The molecule has 0 N–H and O–H groups in total. The summed E-state index contributed by atoms with van der Waals surface area (Å²) in [6.45, 7) is 5.21. The zero-order chi connectivity index (χ0) is 22.5. The Bertz CT molecular complexity index is 953. The van der Waals surface area contributed by atoms with Gasteiger partial charge in [-0.3, -0.25) is 14.5 Å². The summed E-state index contributed by atoms with van der Waals surface area (Å²) in [4.78, 5) is 34.7. The Morgan fingerprint density at radius 3 is 2.41 bits per heavy atom. The fraction of sp³-hybridized carbons (Fsp3) is 0.500. The summed E-state index contributed by atoms with van der Waals surface area (Å²) in [6, 6.07) is 3.23. The molecule has 0 radical (unpaired) electrons. The number of rotatable bonds is 6. The Morgan fingerprint density at radius 2 is 1.69 bits per heavy atom. The molecule has 2 aliphatic rings. The van der Waals surface area contributed by atoms with Crippen LogP contribution in [0.2, 0.25) is 0 Å². The molecule has 1 aromatic carbocycles. The van der Waals surface area contributed by atoms with E-state index < -0.39 is 11.6 Å². The summed E-state index contributed by atoms with van der Waals surface area (Å²) in [6.07, 6.45) is 1.89. The first-order chi connectivity index (χ1) is 15.5. The highest BCUT2D eigenvalue weighted by Crippen LogP contribution is 2.24. The topological polar surface area (TPSA) is 79.1 Å². The normalized spacial score (nSPS) is 17.6. The van der Waals surface area contributed by atoms with Crippen LogP contribution in [0.15, 0.2) is 28.8 Å². The average Bonchev–Trinajstić information content (AvgIpc) is 3.27. The second-order valence-corrected chi connectivity index (χ2v) is 7.89. The SMILES string of the molecule is O=C(CCc1ncc(-c2ccc(F)cc2F)o1)N1CCN(CC(=O)N2CCOCC2)CC1. The Morgan fingerprint density at radius 1 is 0.969 bits per heavy atom. The molecule has 2 amide bonds. The number of piperazine rings is 1. The van der Waals surface area contributed by atoms with E-state index in [4.69, 9.17) is 9.15 Å². The van der Waals surface area contributed by atoms with Gasteiger partial charge in [-0.1, -0.05) is 0 Å². The average molecular weight is 448 g/mol. The van der Waals surface area contributed by atoms with Crippen molar-refractivity contribution in [3.8, 4) is 11.3 Å². The lowest BCUT2D eigenvalue weighted by molar-refractivity contribution is -0.138. The molecule has 0 spiro atoms. The van der Waals surface area contributed by atoms with E-state index in [9.17, 15) is 18.4 Å². The molecule has 4 rings (SSSR count). The van der Waals surface area contributed by atoms with Crippen molar-refractivity contribution in [1.29, 1.82) is 0 Å². The standard InChI is InChI=1S/C22H26F2N4O4/c23-16-1-2-17(18(24)13-16)19-14-25-20(32-19)3-4-21(29)27-7-5-26(6-8-27)15-22(30)28-9-11-31-12-10-28/h1-2,13-14H,3-12,15H2. The number of oxazole rings is 1. The van der Waals surface area contributed by atoms with Crippen LogP contribution in [0.1, 0.15) is 12.3 Å². The van der Waals surface area contributed by atoms with Crippen LogP contribution in [0.3, 0.4) is 0 Å². The second-order valence-electron chi connectivity index (χ2n) is 7.89. The van der Waals surface area contributed by atoms with Crippen LogP contribution in [0, 0.1) is 11.6 Å². The monoisotopic (exact) mass is 448 g/mol. The van der Waals surface area contributed by atoms with Crippen LogP contribution in [0.5, 0.6) is 0 Å². The van der Waals surface area contributed by atoms with Gasteiger partial charge in [0.1, 0.15) is 11.6 Å². The number of halogens is 2. The quantitative estimate of drug-likeness (QED) is 0.668. The summed E-state index contributed by atoms with van der Waals surface area (Å²) in [7, 11) is 0. The Balaban J connectivity index is 1.22. The maximum atomic E-state index is 13.9. The van der Waals surface area contributed by atoms with Gasteiger partial charge in [0, 0.05) is 58.2 Å². The third kappa shape index (κ3) is 5.49. The number of nitrogens with zero attached hydrogens (tertiary/aromatic N) is 4. The molecule has 0 bridgehead atoms. The summed E-state index contributed by atoms with van der Waals surface area (Å²) in [5.74, 6) is -0.784. The van der Waals surface area contributed by atoms with Crippen LogP contribution >= 0.6 is 0 Å². The van der Waals surface area contributed by atoms with Crippen molar-refractivity contribution in [2.75, 3.05) is 59.0 Å². The van der Waals surface area contributed by atoms with Crippen LogP contribution in [0.4, 0.5) is 8.78 Å². The van der Waals surface area contributed by atoms with Gasteiger partial charge in [0.05, 0.1) is 31.5 Å². The Labute approximate surface area is 184 Å². The summed E-state index contributed by atoms with van der Waals surface area (Å²) in [5.41, 5.74) is 0.124. The largest absolute Gasteiger partial charge is 0.441 e. The minimum absolute atomic E-state index is 0.0168. The van der Waals surface area contributed by atoms with Crippen molar-refractivity contribution in [2.45, 2.75) is 12.8 Å². The molecule has 10 heteroatoms. The third-order valence-electron chi connectivity index (χ3n) is 5.75. The van der Waals surface area contributed by atoms with E-state index in [1.54, 1.807) is 4.90 Å². The minimum atomic E-state index is -0.728. The van der Waals surface area contributed by atoms with Gasteiger partial charge in [0.15, 0.2) is 11.7 Å². The molecule has 1 aromatic heterocycles. The van der Waals surface area contributed by atoms with E-state index in [-0.39, 0.29) is 36.0 Å². The number of aryl methyl sites for hydroxylation is 1. The number of carbonyl (C=O) groups excluding carboxylic acids is 2. The molecule has 3 heterocycles. The van der Waals surface area contributed by atoms with Crippen molar-refractivity contribution in [3.63, 3.8) is 0 Å². The molecule has 2 fully saturated rings. The molecule has 8 nitrogen and oxygen atoms in total. The van der Waals surface area contributed by atoms with Crippen molar-refractivity contribution >= 4 is 11.8 Å². The molecular formula is C22H26F2N4O4. The van der Waals surface area contributed by atoms with E-state index in [0.29, 0.717) is 64.9 Å². The molecule has 32 heavy (non-hydrogen) atoms. The highest BCUT2D eigenvalue weighted by atomic mass is 19.1. The number of hydrogen-bond acceptors (Lipinski definition) is 6. The summed E-state index contributed by atoms with van der Waals surface area (Å²) >= 11 is 0. The molecule has 0 aliphatic carbocycles. The van der Waals surface area contributed by atoms with Crippen LogP contribution in [-0.4, -0.2) is 90.5 Å². The highest BCUT2D eigenvalue weighted by molar-refractivity contribution is 5.78. The summed E-state index contributed by atoms with van der Waals surface area (Å²) < 4.78 is 37.8. The molecule has 0 unspecified atom stereocenters. The predicted molar refractivity (Wildman–Crippen MR) is 111 cm³/mol. The van der Waals surface area contributed by atoms with Gasteiger partial charge in [-0.05, 0) is 12.1 Å². The Kier molecular flexibility index (Phi) is 7.11. The van der Waals surface area contributed by atoms with Crippen molar-refractivity contribution < 1.29 is 27.5 Å². The number of amides is 2. The van der Waals surface area contributed by atoms with E-state index >= 15 is 0 Å². The zero-order valence-corrected chi connectivity index (χ0v) is 17.8. The third-order valence-corrected chi connectivity index (χ3v) is 5.75. The number of carbonyl (C=O) groups is 2. The van der Waals surface area contributed by atoms with E-state index in [1.165, 1.54) is 12.3 Å². The molecule has 2 aromatic rings. The van der Waals surface area contributed by atoms with Crippen molar-refractivity contribution in [3.05, 3.63) is 41.9 Å². The van der Waals surface area contributed by atoms with E-state index in [2.05, 4.69) is 9.88 Å². The number of aromatic nitrogens is 1. The van der Waals surface area contributed by atoms with Crippen molar-refractivity contribution in [1.82, 2.24) is 19.7 Å². The lowest BCUT2D eigenvalue weighted by Crippen LogP contribution is -2.52. The predicted octanol–water partition coefficient (Wildman–Crippen LogP) is 1.56. The van der Waals surface area contributed by atoms with Crippen LogP contribution < -0.4 is 0 Å². The van der Waals surface area contributed by atoms with Gasteiger partial charge < -0.3 is 19.0 Å². The highest BCUT2D eigenvalue weighted by Gasteiger charge is 2.25. The maximum absolute atomic E-state index is 13.9. The first kappa shape index (κ1) is 22.3. The molecule has 2 aliphatic heterocycles. The maximum Gasteiger partial charge on any atom is 0.236 e. The molecule has 2 saturated heterocycles. The first-order valence-electron chi connectivity index (χ1n) is 10.8. The minimum Gasteiger partial charge on any atom is -0.441 e. The van der Waals surface area contributed by atoms with Crippen LogP contribution in [0.25, 0.3) is 11.3 Å². The lowest BCUT2D eigenvalue weighted by Gasteiger charge is -2.36. The van der Waals surface area contributed by atoms with Gasteiger partial charge in [0.2, 0.25) is 11.8 Å². The van der Waals surface area contributed by atoms with E-state index in [0.717, 1.165) is 12.1 Å². The summed E-state index contributed by atoms with van der Waals surface area (Å²) in [5, 5.41) is 0. The number of benzene rings is 1. The number of morpholine rings is 1. The molecule has 0 saturated carbocycles. The smallest absolute Gasteiger partial charge is 0.236 e. The van der Waals surface area contributed by atoms with Gasteiger partial charge >= 0.3 is 0 Å². The second kappa shape index (κ2) is 10.2. The molecular weight excluding hydrogens is 422 g/mol. The number of ether oxygens (including phenoxy) is 1. The number of hydrogen-bond donors (Lipinski definition) is 0. The fourth-order valence-corrected chi connectivity index (χ4v) is 3.87. The van der Waals surface area contributed by atoms with E-state index in [1.807, 2.05) is 4.90 Å². The van der Waals surface area contributed by atoms with Gasteiger partial charge in [-0.2, -0.15) is 0 Å². The van der Waals surface area contributed by atoms with Crippen LogP contribution in [-0.2, 0) is 20.7 Å². The zero-order valence-electron chi connectivity index (χ0n) is 17.8. The van der Waals surface area contributed by atoms with Crippen molar-refractivity contribution in [2.24, 2.45) is 0 Å². The molecule has 172 valence electrons. The molecule has 0 atom stereocenters. The Hall–Kier alpha value is -2.85. The fourth-order valence-electron chi connectivity index (χ4n) is 3.87. The first-order valence-corrected chi connectivity index (χ1v) is 10.8. The lowest BCUT2D eigenvalue weighted by atomic mass is 10.2. The van der Waals surface area contributed by atoms with Gasteiger partial charge in [0.25, 0.3) is 0 Å². The van der Waals surface area contributed by atoms with Gasteiger partial charge in [-0.25, -0.2) is 13.8 Å².